The Morgan fingerprint density at radius 1 is 1.21 bits per heavy atom. The highest BCUT2D eigenvalue weighted by Crippen LogP contribution is 2.47. The van der Waals surface area contributed by atoms with E-state index in [4.69, 9.17) is 5.73 Å². The van der Waals surface area contributed by atoms with Gasteiger partial charge in [0.15, 0.2) is 0 Å². The van der Waals surface area contributed by atoms with E-state index in [0.717, 1.165) is 18.9 Å². The van der Waals surface area contributed by atoms with Crippen molar-refractivity contribution in [3.8, 4) is 0 Å². The van der Waals surface area contributed by atoms with Gasteiger partial charge in [0.1, 0.15) is 0 Å². The Bertz CT molecular complexity index is 733. The van der Waals surface area contributed by atoms with E-state index in [1.807, 2.05) is 13.8 Å². The van der Waals surface area contributed by atoms with Crippen LogP contribution in [0, 0.1) is 11.3 Å². The molecule has 0 spiro atoms. The number of benzene rings is 1. The SMILES string of the molecule is CC(C)[C@]1(C(=O)N2CCC(O)(c3ccccc3C(F)(F)F)CC2)CC[C@@H](N)C1.Cl. The minimum atomic E-state index is -4.53. The number of hydrogen-bond donors (Lipinski definition) is 2. The molecule has 0 radical (unpaired) electrons. The Morgan fingerprint density at radius 3 is 2.28 bits per heavy atom. The molecule has 0 bridgehead atoms. The summed E-state index contributed by atoms with van der Waals surface area (Å²) in [4.78, 5) is 15.0. The number of aliphatic hydroxyl groups is 1. The summed E-state index contributed by atoms with van der Waals surface area (Å²) < 4.78 is 40.1. The number of carbonyl (C=O) groups is 1. The van der Waals surface area contributed by atoms with Gasteiger partial charge in [0.05, 0.1) is 16.6 Å². The summed E-state index contributed by atoms with van der Waals surface area (Å²) in [7, 11) is 0. The summed E-state index contributed by atoms with van der Waals surface area (Å²) >= 11 is 0. The first-order valence-electron chi connectivity index (χ1n) is 9.94. The average Bonchev–Trinajstić information content (AvgIpc) is 3.04. The lowest BCUT2D eigenvalue weighted by atomic mass is 9.73. The van der Waals surface area contributed by atoms with E-state index >= 15 is 0 Å². The number of carbonyl (C=O) groups excluding carboxylic acids is 1. The van der Waals surface area contributed by atoms with Crippen LogP contribution in [-0.2, 0) is 16.6 Å². The van der Waals surface area contributed by atoms with E-state index in [0.29, 0.717) is 6.42 Å². The summed E-state index contributed by atoms with van der Waals surface area (Å²) in [6, 6.07) is 5.18. The van der Waals surface area contributed by atoms with E-state index in [-0.39, 0.29) is 61.8 Å². The highest BCUT2D eigenvalue weighted by atomic mass is 35.5. The molecule has 2 atom stereocenters. The van der Waals surface area contributed by atoms with Crippen molar-refractivity contribution < 1.29 is 23.1 Å². The molecule has 4 nitrogen and oxygen atoms in total. The molecule has 0 unspecified atom stereocenters. The monoisotopic (exact) mass is 434 g/mol. The van der Waals surface area contributed by atoms with Crippen molar-refractivity contribution in [3.05, 3.63) is 35.4 Å². The van der Waals surface area contributed by atoms with E-state index < -0.39 is 22.8 Å². The maximum atomic E-state index is 13.4. The zero-order valence-corrected chi connectivity index (χ0v) is 17.7. The second-order valence-corrected chi connectivity index (χ2v) is 8.68. The van der Waals surface area contributed by atoms with Crippen LogP contribution in [0.4, 0.5) is 13.2 Å². The van der Waals surface area contributed by atoms with Crippen LogP contribution in [0.1, 0.15) is 57.1 Å². The molecule has 8 heteroatoms. The number of nitrogens with two attached hydrogens (primary N) is 1. The molecule has 1 saturated carbocycles. The molecule has 1 aliphatic heterocycles. The zero-order chi connectivity index (χ0) is 20.7. The third-order valence-electron chi connectivity index (χ3n) is 6.73. The second kappa shape index (κ2) is 8.44. The van der Waals surface area contributed by atoms with Gasteiger partial charge < -0.3 is 15.7 Å². The van der Waals surface area contributed by atoms with Gasteiger partial charge in [-0.2, -0.15) is 13.2 Å². The normalized spacial score (nSPS) is 27.0. The number of piperidine rings is 1. The van der Waals surface area contributed by atoms with Crippen LogP contribution in [0.5, 0.6) is 0 Å². The molecule has 0 aromatic heterocycles. The first-order valence-corrected chi connectivity index (χ1v) is 9.94. The van der Waals surface area contributed by atoms with E-state index in [1.54, 1.807) is 4.90 Å². The highest BCUT2D eigenvalue weighted by molar-refractivity contribution is 5.85. The molecule has 1 aromatic rings. The quantitative estimate of drug-likeness (QED) is 0.753. The fraction of sp³-hybridized carbons (Fsp3) is 0.667. The van der Waals surface area contributed by atoms with Crippen molar-refractivity contribution in [2.75, 3.05) is 13.1 Å². The van der Waals surface area contributed by atoms with Crippen molar-refractivity contribution in [1.29, 1.82) is 0 Å². The maximum absolute atomic E-state index is 13.4. The van der Waals surface area contributed by atoms with Crippen LogP contribution in [-0.4, -0.2) is 35.0 Å². The van der Waals surface area contributed by atoms with Crippen molar-refractivity contribution in [1.82, 2.24) is 4.90 Å². The number of alkyl halides is 3. The van der Waals surface area contributed by atoms with Crippen LogP contribution in [0.2, 0.25) is 0 Å². The van der Waals surface area contributed by atoms with Crippen molar-refractivity contribution in [2.45, 2.75) is 63.8 Å². The summed E-state index contributed by atoms with van der Waals surface area (Å²) in [5.41, 5.74) is 3.08. The fourth-order valence-electron chi connectivity index (χ4n) is 4.88. The van der Waals surface area contributed by atoms with Gasteiger partial charge in [-0.3, -0.25) is 4.79 Å². The average molecular weight is 435 g/mol. The fourth-order valence-corrected chi connectivity index (χ4v) is 4.88. The number of nitrogens with zero attached hydrogens (tertiary/aromatic N) is 1. The van der Waals surface area contributed by atoms with Crippen LogP contribution in [0.15, 0.2) is 24.3 Å². The van der Waals surface area contributed by atoms with Gasteiger partial charge in [-0.25, -0.2) is 0 Å². The number of halogens is 4. The summed E-state index contributed by atoms with van der Waals surface area (Å²) in [6.45, 7) is 4.53. The minimum absolute atomic E-state index is 0. The molecular weight excluding hydrogens is 405 g/mol. The number of hydrogen-bond acceptors (Lipinski definition) is 3. The third kappa shape index (κ3) is 4.42. The molecule has 1 heterocycles. The molecule has 2 aliphatic rings. The topological polar surface area (TPSA) is 66.6 Å². The summed E-state index contributed by atoms with van der Waals surface area (Å²) in [6.07, 6.45) is -2.16. The van der Waals surface area contributed by atoms with E-state index in [1.165, 1.54) is 18.2 Å². The van der Waals surface area contributed by atoms with Gasteiger partial charge in [0.25, 0.3) is 0 Å². The summed E-state index contributed by atoms with van der Waals surface area (Å²) in [5, 5.41) is 11.0. The Hall–Kier alpha value is -1.31. The molecule has 1 amide bonds. The Labute approximate surface area is 176 Å². The molecule has 1 saturated heterocycles. The Morgan fingerprint density at radius 2 is 1.79 bits per heavy atom. The highest BCUT2D eigenvalue weighted by Gasteiger charge is 2.50. The molecule has 2 fully saturated rings. The minimum Gasteiger partial charge on any atom is -0.385 e. The number of rotatable bonds is 3. The van der Waals surface area contributed by atoms with Gasteiger partial charge in [-0.1, -0.05) is 32.0 Å². The number of likely N-dealkylation sites (tertiary alicyclic amines) is 1. The molecule has 29 heavy (non-hydrogen) atoms. The predicted molar refractivity (Wildman–Crippen MR) is 108 cm³/mol. The third-order valence-corrected chi connectivity index (χ3v) is 6.73. The van der Waals surface area contributed by atoms with Gasteiger partial charge in [-0.05, 0) is 49.7 Å². The van der Waals surface area contributed by atoms with Gasteiger partial charge in [0, 0.05) is 19.1 Å². The first kappa shape index (κ1) is 24.0. The zero-order valence-electron chi connectivity index (χ0n) is 16.8. The van der Waals surface area contributed by atoms with Crippen molar-refractivity contribution >= 4 is 18.3 Å². The lowest BCUT2D eigenvalue weighted by molar-refractivity contribution is -0.151. The van der Waals surface area contributed by atoms with Crippen LogP contribution < -0.4 is 5.73 Å². The van der Waals surface area contributed by atoms with Crippen molar-refractivity contribution in [2.24, 2.45) is 17.1 Å². The van der Waals surface area contributed by atoms with Gasteiger partial charge in [-0.15, -0.1) is 12.4 Å². The first-order chi connectivity index (χ1) is 13.0. The Balaban J connectivity index is 0.00000300. The lowest BCUT2D eigenvalue weighted by Crippen LogP contribution is -2.52. The second-order valence-electron chi connectivity index (χ2n) is 8.68. The standard InChI is InChI=1S/C21H29F3N2O2.ClH/c1-14(2)19(8-7-15(25)13-19)18(27)26-11-9-20(28,10-12-26)16-5-3-4-6-17(16)21(22,23)24;/h3-6,14-15,28H,7-13,25H2,1-2H3;1H/t15-,19+;/m1./s1. The maximum Gasteiger partial charge on any atom is 0.416 e. The molecule has 3 rings (SSSR count). The van der Waals surface area contributed by atoms with Crippen LogP contribution >= 0.6 is 12.4 Å². The molecule has 1 aliphatic carbocycles. The van der Waals surface area contributed by atoms with Gasteiger partial charge in [0.2, 0.25) is 5.91 Å². The number of amides is 1. The lowest BCUT2D eigenvalue weighted by Gasteiger charge is -2.44. The van der Waals surface area contributed by atoms with Crippen molar-refractivity contribution in [3.63, 3.8) is 0 Å². The summed E-state index contributed by atoms with van der Waals surface area (Å²) in [5.74, 6) is 0.168. The van der Waals surface area contributed by atoms with E-state index in [2.05, 4.69) is 0 Å². The molecule has 164 valence electrons. The largest absolute Gasteiger partial charge is 0.416 e. The molecular formula is C21H30ClF3N2O2. The molecule has 3 N–H and O–H groups in total. The van der Waals surface area contributed by atoms with Crippen LogP contribution in [0.25, 0.3) is 0 Å². The molecule has 1 aromatic carbocycles. The van der Waals surface area contributed by atoms with E-state index in [9.17, 15) is 23.1 Å². The smallest absolute Gasteiger partial charge is 0.385 e. The Kier molecular flexibility index (Phi) is 6.97. The van der Waals surface area contributed by atoms with Crippen LogP contribution in [0.3, 0.4) is 0 Å². The predicted octanol–water partition coefficient (Wildman–Crippen LogP) is 4.09. The van der Waals surface area contributed by atoms with Gasteiger partial charge >= 0.3 is 6.18 Å².